The second kappa shape index (κ2) is 8.83. The van der Waals surface area contributed by atoms with Gasteiger partial charge in [-0.25, -0.2) is 4.98 Å². The van der Waals surface area contributed by atoms with Gasteiger partial charge < -0.3 is 14.3 Å². The van der Waals surface area contributed by atoms with Gasteiger partial charge in [0.25, 0.3) is 0 Å². The number of imidazole rings is 1. The van der Waals surface area contributed by atoms with E-state index in [2.05, 4.69) is 20.5 Å². The number of nitrogens with one attached hydrogen (secondary N) is 1. The van der Waals surface area contributed by atoms with Gasteiger partial charge in [-0.2, -0.15) is 0 Å². The molecule has 3 aromatic carbocycles. The quantitative estimate of drug-likeness (QED) is 0.419. The number of hydrogen-bond donors (Lipinski definition) is 1. The van der Waals surface area contributed by atoms with Crippen LogP contribution in [0.5, 0.6) is 0 Å². The molecule has 2 aromatic heterocycles. The minimum absolute atomic E-state index is 0.0785. The van der Waals surface area contributed by atoms with E-state index in [1.54, 1.807) is 12.5 Å². The number of nitrogens with zero attached hydrogens (tertiary/aromatic N) is 5. The molecule has 1 aliphatic heterocycles. The maximum Gasteiger partial charge on any atom is 0.317 e. The summed E-state index contributed by atoms with van der Waals surface area (Å²) in [6.45, 7) is 0. The number of aromatic nitrogens is 4. The van der Waals surface area contributed by atoms with Gasteiger partial charge in [0.1, 0.15) is 0 Å². The number of fused-ring (bicyclic) bond motifs is 1. The van der Waals surface area contributed by atoms with Gasteiger partial charge in [-0.3, -0.25) is 9.79 Å². The topological polar surface area (TPSA) is 98.2 Å². The summed E-state index contributed by atoms with van der Waals surface area (Å²) < 4.78 is 7.76. The van der Waals surface area contributed by atoms with Crippen LogP contribution in [0.3, 0.4) is 0 Å². The maximum atomic E-state index is 13.1. The van der Waals surface area contributed by atoms with Crippen LogP contribution in [0, 0.1) is 0 Å². The molecule has 35 heavy (non-hydrogen) atoms. The van der Waals surface area contributed by atoms with Crippen LogP contribution in [0.25, 0.3) is 17.1 Å². The molecular weight excluding hydrogens is 440 g/mol. The molecule has 1 aliphatic rings. The monoisotopic (exact) mass is 460 g/mol. The first-order valence-electron chi connectivity index (χ1n) is 11.2. The highest BCUT2D eigenvalue weighted by atomic mass is 16.4. The zero-order valence-corrected chi connectivity index (χ0v) is 18.6. The zero-order chi connectivity index (χ0) is 23.6. The van der Waals surface area contributed by atoms with Crippen molar-refractivity contribution < 1.29 is 9.21 Å². The predicted molar refractivity (Wildman–Crippen MR) is 132 cm³/mol. The van der Waals surface area contributed by atoms with Crippen LogP contribution in [-0.2, 0) is 11.2 Å². The fraction of sp³-hybridized carbons (Fsp3) is 0.0741. The number of benzene rings is 3. The van der Waals surface area contributed by atoms with Crippen molar-refractivity contribution in [2.75, 3.05) is 5.32 Å². The van der Waals surface area contributed by atoms with E-state index in [9.17, 15) is 4.79 Å². The third-order valence-corrected chi connectivity index (χ3v) is 5.83. The molecule has 170 valence electrons. The molecule has 6 rings (SSSR count). The third kappa shape index (κ3) is 4.13. The highest BCUT2D eigenvalue weighted by Crippen LogP contribution is 2.25. The molecule has 5 aromatic rings. The number of hydrogen-bond acceptors (Lipinski definition) is 7. The van der Waals surface area contributed by atoms with Crippen molar-refractivity contribution in [2.24, 2.45) is 4.99 Å². The van der Waals surface area contributed by atoms with Gasteiger partial charge in [-0.05, 0) is 23.8 Å². The number of rotatable bonds is 5. The molecule has 3 heterocycles. The lowest BCUT2D eigenvalue weighted by atomic mass is 9.96. The standard InChI is InChI=1S/C27H20N6O2/c34-23-16-19-9-4-5-12-22(19)24(18-7-2-1-3-8-18)29-25(23)30-27-32-31-26(35-27)20-10-6-11-21(15-20)33-14-13-28-17-33/h1-15,17,25H,16H2,(H,30,32). The van der Waals surface area contributed by atoms with E-state index < -0.39 is 6.17 Å². The largest absolute Gasteiger partial charge is 0.403 e. The lowest BCUT2D eigenvalue weighted by molar-refractivity contribution is -0.119. The summed E-state index contributed by atoms with van der Waals surface area (Å²) in [4.78, 5) is 22.0. The molecular formula is C27H20N6O2. The van der Waals surface area contributed by atoms with Crippen LogP contribution in [0.1, 0.15) is 16.7 Å². The highest BCUT2D eigenvalue weighted by Gasteiger charge is 2.27. The summed E-state index contributed by atoms with van der Waals surface area (Å²) >= 11 is 0. The van der Waals surface area contributed by atoms with Crippen molar-refractivity contribution in [3.63, 3.8) is 0 Å². The predicted octanol–water partition coefficient (Wildman–Crippen LogP) is 4.32. The Labute approximate surface area is 201 Å². The summed E-state index contributed by atoms with van der Waals surface area (Å²) in [6, 6.07) is 25.5. The number of ketones is 1. The molecule has 8 nitrogen and oxygen atoms in total. The van der Waals surface area contributed by atoms with Crippen LogP contribution < -0.4 is 5.32 Å². The van der Waals surface area contributed by atoms with E-state index in [-0.39, 0.29) is 18.2 Å². The first kappa shape index (κ1) is 20.7. The maximum absolute atomic E-state index is 13.1. The Morgan fingerprint density at radius 1 is 0.914 bits per heavy atom. The molecule has 8 heteroatoms. The molecule has 1 N–H and O–H groups in total. The van der Waals surface area contributed by atoms with Crippen molar-refractivity contribution in [3.8, 4) is 17.1 Å². The lowest BCUT2D eigenvalue weighted by Gasteiger charge is -2.11. The Bertz CT molecular complexity index is 1520. The van der Waals surface area contributed by atoms with E-state index >= 15 is 0 Å². The summed E-state index contributed by atoms with van der Waals surface area (Å²) in [5, 5.41) is 11.3. The van der Waals surface area contributed by atoms with Crippen LogP contribution >= 0.6 is 0 Å². The van der Waals surface area contributed by atoms with Crippen LogP contribution in [-0.4, -0.2) is 37.4 Å². The van der Waals surface area contributed by atoms with E-state index in [0.29, 0.717) is 5.89 Å². The molecule has 0 fully saturated rings. The summed E-state index contributed by atoms with van der Waals surface area (Å²) in [6.07, 6.45) is 4.69. The van der Waals surface area contributed by atoms with Crippen molar-refractivity contribution in [1.82, 2.24) is 19.7 Å². The summed E-state index contributed by atoms with van der Waals surface area (Å²) in [5.41, 5.74) is 5.23. The molecule has 0 spiro atoms. The third-order valence-electron chi connectivity index (χ3n) is 5.83. The minimum atomic E-state index is -0.858. The van der Waals surface area contributed by atoms with Crippen LogP contribution in [0.2, 0.25) is 0 Å². The van der Waals surface area contributed by atoms with Gasteiger partial charge in [0, 0.05) is 41.2 Å². The Morgan fingerprint density at radius 2 is 1.74 bits per heavy atom. The first-order chi connectivity index (χ1) is 17.2. The molecule has 1 unspecified atom stereocenters. The highest BCUT2D eigenvalue weighted by molar-refractivity contribution is 6.16. The van der Waals surface area contributed by atoms with E-state index in [0.717, 1.165) is 33.7 Å². The molecule has 0 radical (unpaired) electrons. The first-order valence-corrected chi connectivity index (χ1v) is 11.2. The molecule has 0 amide bonds. The number of anilines is 1. The van der Waals surface area contributed by atoms with Gasteiger partial charge in [-0.1, -0.05) is 65.8 Å². The van der Waals surface area contributed by atoms with Crippen molar-refractivity contribution in [3.05, 3.63) is 114 Å². The Morgan fingerprint density at radius 3 is 2.60 bits per heavy atom. The number of carbonyl (C=O) groups excluding carboxylic acids is 1. The molecule has 0 aliphatic carbocycles. The SMILES string of the molecule is O=C1Cc2ccccc2C(c2ccccc2)=NC1Nc1nnc(-c2cccc(-n3ccnc3)c2)o1. The summed E-state index contributed by atoms with van der Waals surface area (Å²) in [7, 11) is 0. The van der Waals surface area contributed by atoms with Gasteiger partial charge >= 0.3 is 6.01 Å². The number of Topliss-reactive ketones (excluding diaryl/α,β-unsaturated/α-hetero) is 1. The second-order valence-corrected chi connectivity index (χ2v) is 8.12. The van der Waals surface area contributed by atoms with Crippen molar-refractivity contribution in [2.45, 2.75) is 12.6 Å². The average Bonchev–Trinajstić information content (AvgIpc) is 3.58. The van der Waals surface area contributed by atoms with E-state index in [1.807, 2.05) is 89.6 Å². The Hall–Kier alpha value is -4.85. The Balaban J connectivity index is 1.32. The smallest absolute Gasteiger partial charge is 0.317 e. The second-order valence-electron chi connectivity index (χ2n) is 8.12. The normalized spacial score (nSPS) is 15.3. The van der Waals surface area contributed by atoms with Gasteiger partial charge in [-0.15, -0.1) is 5.10 Å². The molecule has 1 atom stereocenters. The van der Waals surface area contributed by atoms with E-state index in [4.69, 9.17) is 9.41 Å². The lowest BCUT2D eigenvalue weighted by Crippen LogP contribution is -2.29. The molecule has 0 saturated heterocycles. The zero-order valence-electron chi connectivity index (χ0n) is 18.6. The summed E-state index contributed by atoms with van der Waals surface area (Å²) in [5.74, 6) is 0.260. The van der Waals surface area contributed by atoms with Gasteiger partial charge in [0.15, 0.2) is 11.9 Å². The van der Waals surface area contributed by atoms with Gasteiger partial charge in [0.2, 0.25) is 5.89 Å². The van der Waals surface area contributed by atoms with Crippen LogP contribution in [0.4, 0.5) is 6.01 Å². The van der Waals surface area contributed by atoms with Gasteiger partial charge in [0.05, 0.1) is 12.0 Å². The number of carbonyl (C=O) groups is 1. The molecule has 0 bridgehead atoms. The van der Waals surface area contributed by atoms with Crippen molar-refractivity contribution in [1.29, 1.82) is 0 Å². The van der Waals surface area contributed by atoms with E-state index in [1.165, 1.54) is 0 Å². The number of aliphatic imine (C=N–C) groups is 1. The minimum Gasteiger partial charge on any atom is -0.403 e. The fourth-order valence-corrected chi connectivity index (χ4v) is 4.13. The van der Waals surface area contributed by atoms with Crippen molar-refractivity contribution >= 4 is 17.5 Å². The Kier molecular flexibility index (Phi) is 5.23. The average molecular weight is 460 g/mol. The fourth-order valence-electron chi connectivity index (χ4n) is 4.13. The van der Waals surface area contributed by atoms with Crippen LogP contribution in [0.15, 0.2) is 107 Å². The molecule has 0 saturated carbocycles.